The topological polar surface area (TPSA) is 49.8 Å². The van der Waals surface area contributed by atoms with E-state index in [1.165, 1.54) is 31.4 Å². The van der Waals surface area contributed by atoms with Gasteiger partial charge in [0.25, 0.3) is 0 Å². The number of nitrogens with zero attached hydrogens (tertiary/aromatic N) is 2. The molecule has 4 heteroatoms. The zero-order valence-electron chi connectivity index (χ0n) is 9.45. The van der Waals surface area contributed by atoms with Crippen molar-refractivity contribution in [2.75, 3.05) is 18.4 Å². The van der Waals surface area contributed by atoms with Crippen LogP contribution >= 0.6 is 0 Å². The van der Waals surface area contributed by atoms with Crippen molar-refractivity contribution in [3.05, 3.63) is 18.1 Å². The molecule has 0 spiro atoms. The first-order valence-electron chi connectivity index (χ1n) is 6.21. The molecule has 0 bridgehead atoms. The first-order chi connectivity index (χ1) is 7.92. The molecule has 1 aliphatic carbocycles. The van der Waals surface area contributed by atoms with Crippen LogP contribution in [0.3, 0.4) is 0 Å². The third-order valence-electron chi connectivity index (χ3n) is 3.60. The Morgan fingerprint density at radius 2 is 2.00 bits per heavy atom. The van der Waals surface area contributed by atoms with Crippen LogP contribution in [-0.4, -0.2) is 29.1 Å². The predicted octanol–water partition coefficient (Wildman–Crippen LogP) is 1.52. The molecule has 16 heavy (non-hydrogen) atoms. The average molecular weight is 218 g/mol. The van der Waals surface area contributed by atoms with Crippen molar-refractivity contribution in [2.24, 2.45) is 0 Å². The van der Waals surface area contributed by atoms with Crippen molar-refractivity contribution in [3.63, 3.8) is 0 Å². The van der Waals surface area contributed by atoms with Gasteiger partial charge in [-0.15, -0.1) is 0 Å². The van der Waals surface area contributed by atoms with Crippen LogP contribution in [0.25, 0.3) is 0 Å². The van der Waals surface area contributed by atoms with Crippen LogP contribution in [0.5, 0.6) is 0 Å². The maximum atomic E-state index is 4.41. The second-order valence-electron chi connectivity index (χ2n) is 4.81. The van der Waals surface area contributed by atoms with Gasteiger partial charge in [-0.05, 0) is 12.8 Å². The number of nitrogens with one attached hydrogen (secondary N) is 2. The molecular formula is C12H18N4. The molecule has 0 amide bonds. The summed E-state index contributed by atoms with van der Waals surface area (Å²) in [5.41, 5.74) is 1.22. The molecule has 2 fully saturated rings. The summed E-state index contributed by atoms with van der Waals surface area (Å²) >= 11 is 0. The van der Waals surface area contributed by atoms with Crippen LogP contribution in [0.1, 0.15) is 37.3 Å². The molecule has 0 unspecified atom stereocenters. The van der Waals surface area contributed by atoms with Crippen LogP contribution in [0, 0.1) is 0 Å². The molecule has 86 valence electrons. The summed E-state index contributed by atoms with van der Waals surface area (Å²) in [6.07, 6.45) is 6.99. The summed E-state index contributed by atoms with van der Waals surface area (Å²) in [4.78, 5) is 8.69. The second kappa shape index (κ2) is 4.37. The molecule has 1 aromatic heterocycles. The van der Waals surface area contributed by atoms with Crippen molar-refractivity contribution < 1.29 is 0 Å². The molecule has 1 aromatic rings. The first kappa shape index (κ1) is 10.0. The quantitative estimate of drug-likeness (QED) is 0.807. The van der Waals surface area contributed by atoms with E-state index in [0.717, 1.165) is 18.9 Å². The number of hydrogen-bond donors (Lipinski definition) is 2. The third kappa shape index (κ3) is 2.02. The number of rotatable bonds is 3. The highest BCUT2D eigenvalue weighted by atomic mass is 15.1. The lowest BCUT2D eigenvalue weighted by molar-refractivity contribution is 0.471. The summed E-state index contributed by atoms with van der Waals surface area (Å²) < 4.78 is 0. The lowest BCUT2D eigenvalue weighted by atomic mass is 10.0. The van der Waals surface area contributed by atoms with Crippen LogP contribution in [0.15, 0.2) is 12.4 Å². The van der Waals surface area contributed by atoms with Crippen molar-refractivity contribution in [1.82, 2.24) is 15.3 Å². The van der Waals surface area contributed by atoms with Crippen molar-refractivity contribution in [3.8, 4) is 0 Å². The molecule has 1 saturated heterocycles. The van der Waals surface area contributed by atoms with E-state index in [2.05, 4.69) is 26.7 Å². The zero-order chi connectivity index (χ0) is 10.8. The van der Waals surface area contributed by atoms with E-state index in [9.17, 15) is 0 Å². The molecule has 0 atom stereocenters. The molecule has 4 nitrogen and oxygen atoms in total. The van der Waals surface area contributed by atoms with E-state index in [4.69, 9.17) is 0 Å². The summed E-state index contributed by atoms with van der Waals surface area (Å²) in [5, 5.41) is 6.67. The van der Waals surface area contributed by atoms with E-state index in [1.807, 2.05) is 0 Å². The highest BCUT2D eigenvalue weighted by Crippen LogP contribution is 2.33. The Bertz CT molecular complexity index is 356. The molecule has 0 radical (unpaired) electrons. The predicted molar refractivity (Wildman–Crippen MR) is 63.5 cm³/mol. The van der Waals surface area contributed by atoms with Gasteiger partial charge in [-0.2, -0.15) is 0 Å². The SMILES string of the molecule is c1nc(NC2CNC2)cc(C2CCCC2)n1. The number of aromatic nitrogens is 2. The summed E-state index contributed by atoms with van der Waals surface area (Å²) in [6, 6.07) is 2.68. The van der Waals surface area contributed by atoms with Gasteiger partial charge in [0, 0.05) is 30.8 Å². The summed E-state index contributed by atoms with van der Waals surface area (Å²) in [5.74, 6) is 1.66. The Labute approximate surface area is 95.9 Å². The average Bonchev–Trinajstić information content (AvgIpc) is 2.77. The summed E-state index contributed by atoms with van der Waals surface area (Å²) in [6.45, 7) is 2.09. The van der Waals surface area contributed by atoms with Crippen molar-refractivity contribution in [1.29, 1.82) is 0 Å². The van der Waals surface area contributed by atoms with E-state index >= 15 is 0 Å². The first-order valence-corrected chi connectivity index (χ1v) is 6.21. The molecule has 1 saturated carbocycles. The Morgan fingerprint density at radius 1 is 1.19 bits per heavy atom. The van der Waals surface area contributed by atoms with Crippen LogP contribution < -0.4 is 10.6 Å². The van der Waals surface area contributed by atoms with Gasteiger partial charge >= 0.3 is 0 Å². The van der Waals surface area contributed by atoms with Gasteiger partial charge in [-0.1, -0.05) is 12.8 Å². The van der Waals surface area contributed by atoms with Crippen LogP contribution in [-0.2, 0) is 0 Å². The fourth-order valence-corrected chi connectivity index (χ4v) is 2.50. The van der Waals surface area contributed by atoms with Crippen molar-refractivity contribution >= 4 is 5.82 Å². The van der Waals surface area contributed by atoms with Gasteiger partial charge in [-0.3, -0.25) is 0 Å². The minimum atomic E-state index is 0.548. The van der Waals surface area contributed by atoms with Crippen LogP contribution in [0.4, 0.5) is 5.82 Å². The van der Waals surface area contributed by atoms with Gasteiger partial charge < -0.3 is 10.6 Å². The monoisotopic (exact) mass is 218 g/mol. The molecule has 2 N–H and O–H groups in total. The Hall–Kier alpha value is -1.16. The van der Waals surface area contributed by atoms with Gasteiger partial charge in [0.2, 0.25) is 0 Å². The molecule has 0 aromatic carbocycles. The van der Waals surface area contributed by atoms with E-state index in [-0.39, 0.29) is 0 Å². The Kier molecular flexibility index (Phi) is 2.74. The zero-order valence-corrected chi connectivity index (χ0v) is 9.45. The lowest BCUT2D eigenvalue weighted by Crippen LogP contribution is -2.51. The van der Waals surface area contributed by atoms with E-state index in [1.54, 1.807) is 6.33 Å². The van der Waals surface area contributed by atoms with Crippen LogP contribution in [0.2, 0.25) is 0 Å². The molecule has 3 rings (SSSR count). The molecular weight excluding hydrogens is 200 g/mol. The Balaban J connectivity index is 1.70. The number of hydrogen-bond acceptors (Lipinski definition) is 4. The largest absolute Gasteiger partial charge is 0.365 e. The van der Waals surface area contributed by atoms with Gasteiger partial charge in [0.15, 0.2) is 0 Å². The molecule has 2 heterocycles. The fraction of sp³-hybridized carbons (Fsp3) is 0.667. The third-order valence-corrected chi connectivity index (χ3v) is 3.60. The maximum Gasteiger partial charge on any atom is 0.129 e. The number of anilines is 1. The smallest absolute Gasteiger partial charge is 0.129 e. The highest BCUT2D eigenvalue weighted by Gasteiger charge is 2.20. The van der Waals surface area contributed by atoms with E-state index in [0.29, 0.717) is 12.0 Å². The van der Waals surface area contributed by atoms with Gasteiger partial charge in [0.1, 0.15) is 12.1 Å². The fourth-order valence-electron chi connectivity index (χ4n) is 2.50. The molecule has 2 aliphatic rings. The molecule has 1 aliphatic heterocycles. The second-order valence-corrected chi connectivity index (χ2v) is 4.81. The van der Waals surface area contributed by atoms with Gasteiger partial charge in [-0.25, -0.2) is 9.97 Å². The minimum Gasteiger partial charge on any atom is -0.365 e. The maximum absolute atomic E-state index is 4.41. The lowest BCUT2D eigenvalue weighted by Gasteiger charge is -2.28. The highest BCUT2D eigenvalue weighted by molar-refractivity contribution is 5.38. The standard InChI is InChI=1S/C12H18N4/c1-2-4-9(3-1)11-5-12(15-8-14-11)16-10-6-13-7-10/h5,8-10,13H,1-4,6-7H2,(H,14,15,16). The Morgan fingerprint density at radius 3 is 2.69 bits per heavy atom. The summed E-state index contributed by atoms with van der Waals surface area (Å²) in [7, 11) is 0. The normalized spacial score (nSPS) is 22.0. The van der Waals surface area contributed by atoms with Gasteiger partial charge in [0.05, 0.1) is 6.04 Å². The van der Waals surface area contributed by atoms with E-state index < -0.39 is 0 Å². The van der Waals surface area contributed by atoms with Crippen molar-refractivity contribution in [2.45, 2.75) is 37.6 Å². The minimum absolute atomic E-state index is 0.548.